The van der Waals surface area contributed by atoms with E-state index in [-0.39, 0.29) is 16.7 Å². The number of rotatable bonds is 5. The second kappa shape index (κ2) is 6.80. The third-order valence-corrected chi connectivity index (χ3v) is 4.23. The van der Waals surface area contributed by atoms with Crippen LogP contribution < -0.4 is 10.7 Å². The number of nitro groups is 1. The highest BCUT2D eigenvalue weighted by Gasteiger charge is 2.30. The summed E-state index contributed by atoms with van der Waals surface area (Å²) in [5, 5.41) is 17.8. The summed E-state index contributed by atoms with van der Waals surface area (Å²) in [5.41, 5.74) is 9.83. The molecule has 0 fully saturated rings. The van der Waals surface area contributed by atoms with Gasteiger partial charge in [-0.1, -0.05) is 30.3 Å². The number of anilines is 1. The Morgan fingerprint density at radius 3 is 2.79 bits per heavy atom. The Hall–Kier alpha value is -2.73. The van der Waals surface area contributed by atoms with Crippen LogP contribution in [0.15, 0.2) is 53.6 Å². The maximum absolute atomic E-state index is 11.1. The number of non-ortho nitro benzene ring substituents is 1. The van der Waals surface area contributed by atoms with Gasteiger partial charge in [-0.05, 0) is 37.1 Å². The Morgan fingerprint density at radius 2 is 2.08 bits per heavy atom. The zero-order chi connectivity index (χ0) is 17.1. The first-order chi connectivity index (χ1) is 11.6. The van der Waals surface area contributed by atoms with Crippen LogP contribution in [0.2, 0.25) is 0 Å². The fourth-order valence-corrected chi connectivity index (χ4v) is 3.04. The maximum Gasteiger partial charge on any atom is 0.269 e. The molecule has 1 atom stereocenters. The lowest BCUT2D eigenvalue weighted by Crippen LogP contribution is -2.19. The van der Waals surface area contributed by atoms with Crippen LogP contribution in [-0.2, 0) is 0 Å². The molecule has 124 valence electrons. The van der Waals surface area contributed by atoms with Crippen LogP contribution in [0.25, 0.3) is 0 Å². The topological polar surface area (TPSA) is 84.8 Å². The van der Waals surface area contributed by atoms with Gasteiger partial charge in [-0.3, -0.25) is 15.1 Å². The van der Waals surface area contributed by atoms with E-state index in [1.807, 2.05) is 42.3 Å². The lowest BCUT2D eigenvalue weighted by atomic mass is 9.99. The second-order valence-electron chi connectivity index (χ2n) is 5.91. The van der Waals surface area contributed by atoms with Crippen LogP contribution in [0.5, 0.6) is 0 Å². The van der Waals surface area contributed by atoms with Crippen molar-refractivity contribution in [3.63, 3.8) is 0 Å². The Labute approximate surface area is 140 Å². The van der Waals surface area contributed by atoms with Gasteiger partial charge in [0.25, 0.3) is 5.69 Å². The molecule has 0 aromatic heterocycles. The number of hydrazone groups is 1. The van der Waals surface area contributed by atoms with Crippen LogP contribution in [-0.4, -0.2) is 17.2 Å². The molecule has 2 aromatic rings. The monoisotopic (exact) mass is 324 g/mol. The molecule has 0 saturated carbocycles. The predicted octanol–water partition coefficient (Wildman–Crippen LogP) is 3.56. The summed E-state index contributed by atoms with van der Waals surface area (Å²) in [7, 11) is 0. The van der Waals surface area contributed by atoms with Crippen molar-refractivity contribution in [1.82, 2.24) is 0 Å². The molecule has 1 aliphatic heterocycles. The molecule has 0 bridgehead atoms. The van der Waals surface area contributed by atoms with Crippen molar-refractivity contribution in [2.24, 2.45) is 10.8 Å². The first-order valence-electron chi connectivity index (χ1n) is 7.96. The van der Waals surface area contributed by atoms with Crippen molar-refractivity contribution in [3.05, 3.63) is 69.8 Å². The minimum atomic E-state index is -0.363. The van der Waals surface area contributed by atoms with Gasteiger partial charge in [-0.15, -0.1) is 0 Å². The smallest absolute Gasteiger partial charge is 0.269 e. The summed E-state index contributed by atoms with van der Waals surface area (Å²) in [6.07, 6.45) is 1.46. The Bertz CT molecular complexity index is 788. The molecule has 0 saturated heterocycles. The third-order valence-electron chi connectivity index (χ3n) is 4.23. The van der Waals surface area contributed by atoms with E-state index in [1.165, 1.54) is 6.07 Å². The zero-order valence-corrected chi connectivity index (χ0v) is 13.6. The van der Waals surface area contributed by atoms with Crippen molar-refractivity contribution in [2.75, 3.05) is 11.6 Å². The normalized spacial score (nSPS) is 17.0. The lowest BCUT2D eigenvalue weighted by Gasteiger charge is -2.25. The summed E-state index contributed by atoms with van der Waals surface area (Å²) in [4.78, 5) is 10.7. The van der Waals surface area contributed by atoms with Gasteiger partial charge >= 0.3 is 0 Å². The average Bonchev–Trinajstić information content (AvgIpc) is 2.99. The Morgan fingerprint density at radius 1 is 1.29 bits per heavy atom. The molecule has 0 aliphatic carbocycles. The quantitative estimate of drug-likeness (QED) is 0.673. The van der Waals surface area contributed by atoms with Crippen LogP contribution >= 0.6 is 0 Å². The molecule has 1 heterocycles. The van der Waals surface area contributed by atoms with Crippen molar-refractivity contribution in [2.45, 2.75) is 25.8 Å². The van der Waals surface area contributed by atoms with E-state index in [0.717, 1.165) is 35.4 Å². The van der Waals surface area contributed by atoms with Crippen molar-refractivity contribution in [1.29, 1.82) is 0 Å². The lowest BCUT2D eigenvalue weighted by molar-refractivity contribution is -0.384. The molecule has 6 nitrogen and oxygen atoms in total. The molecule has 2 N–H and O–H groups in total. The number of nitrogens with zero attached hydrogens (tertiary/aromatic N) is 3. The zero-order valence-electron chi connectivity index (χ0n) is 13.6. The van der Waals surface area contributed by atoms with E-state index < -0.39 is 0 Å². The third kappa shape index (κ3) is 3.14. The fourth-order valence-electron chi connectivity index (χ4n) is 3.04. The SMILES string of the molecule is Cc1ccccc1N1N=C(CCN)CC1c1cccc([N+](=O)[O-])c1. The van der Waals surface area contributed by atoms with Crippen LogP contribution in [0, 0.1) is 17.0 Å². The second-order valence-corrected chi connectivity index (χ2v) is 5.91. The number of hydrogen-bond donors (Lipinski definition) is 1. The molecular formula is C18H20N4O2. The van der Waals surface area contributed by atoms with E-state index >= 15 is 0 Å². The minimum absolute atomic E-state index is 0.0486. The number of nitrogens with two attached hydrogens (primary N) is 1. The Balaban J connectivity index is 2.01. The van der Waals surface area contributed by atoms with E-state index in [4.69, 9.17) is 10.8 Å². The van der Waals surface area contributed by atoms with Crippen molar-refractivity contribution >= 4 is 17.1 Å². The largest absolute Gasteiger partial charge is 0.330 e. The maximum atomic E-state index is 11.1. The fraction of sp³-hybridized carbons (Fsp3) is 0.278. The highest BCUT2D eigenvalue weighted by atomic mass is 16.6. The van der Waals surface area contributed by atoms with Crippen LogP contribution in [0.1, 0.15) is 30.0 Å². The average molecular weight is 324 g/mol. The minimum Gasteiger partial charge on any atom is -0.330 e. The van der Waals surface area contributed by atoms with Crippen LogP contribution in [0.4, 0.5) is 11.4 Å². The number of para-hydroxylation sites is 1. The molecule has 2 aromatic carbocycles. The van der Waals surface area contributed by atoms with Gasteiger partial charge in [-0.25, -0.2) is 0 Å². The van der Waals surface area contributed by atoms with Crippen LogP contribution in [0.3, 0.4) is 0 Å². The molecule has 0 spiro atoms. The molecule has 3 rings (SSSR count). The van der Waals surface area contributed by atoms with Gasteiger partial charge in [0.2, 0.25) is 0 Å². The van der Waals surface area contributed by atoms with E-state index in [1.54, 1.807) is 12.1 Å². The van der Waals surface area contributed by atoms with E-state index in [2.05, 4.69) is 0 Å². The van der Waals surface area contributed by atoms with E-state index in [9.17, 15) is 10.1 Å². The number of benzene rings is 2. The molecule has 1 unspecified atom stereocenters. The molecule has 1 aliphatic rings. The van der Waals surface area contributed by atoms with Gasteiger partial charge in [0, 0.05) is 24.3 Å². The molecule has 6 heteroatoms. The van der Waals surface area contributed by atoms with Crippen molar-refractivity contribution in [3.8, 4) is 0 Å². The summed E-state index contributed by atoms with van der Waals surface area (Å²) in [6, 6.07) is 14.8. The highest BCUT2D eigenvalue weighted by molar-refractivity contribution is 5.89. The summed E-state index contributed by atoms with van der Waals surface area (Å²) < 4.78 is 0. The van der Waals surface area contributed by atoms with Gasteiger partial charge in [0.1, 0.15) is 0 Å². The van der Waals surface area contributed by atoms with Gasteiger partial charge in [0.15, 0.2) is 0 Å². The Kier molecular flexibility index (Phi) is 4.57. The van der Waals surface area contributed by atoms with Gasteiger partial charge in [-0.2, -0.15) is 5.10 Å². The molecular weight excluding hydrogens is 304 g/mol. The summed E-state index contributed by atoms with van der Waals surface area (Å²) in [6.45, 7) is 2.58. The van der Waals surface area contributed by atoms with E-state index in [0.29, 0.717) is 6.54 Å². The standard InChI is InChI=1S/C18H20N4O2/c1-13-5-2-3-8-17(13)21-18(12-15(20-21)9-10-19)14-6-4-7-16(11-14)22(23)24/h2-8,11,18H,9-10,12,19H2,1H3. The first kappa shape index (κ1) is 16.1. The number of aryl methyl sites for hydroxylation is 1. The molecule has 0 radical (unpaired) electrons. The molecule has 24 heavy (non-hydrogen) atoms. The van der Waals surface area contributed by atoms with Gasteiger partial charge < -0.3 is 5.73 Å². The number of nitro benzene ring substituents is 1. The highest BCUT2D eigenvalue weighted by Crippen LogP contribution is 2.38. The first-order valence-corrected chi connectivity index (χ1v) is 7.96. The summed E-state index contributed by atoms with van der Waals surface area (Å²) >= 11 is 0. The number of hydrogen-bond acceptors (Lipinski definition) is 5. The summed E-state index contributed by atoms with van der Waals surface area (Å²) in [5.74, 6) is 0. The molecule has 0 amide bonds. The van der Waals surface area contributed by atoms with Gasteiger partial charge in [0.05, 0.1) is 16.7 Å². The predicted molar refractivity (Wildman–Crippen MR) is 95.2 cm³/mol. The van der Waals surface area contributed by atoms with Crippen molar-refractivity contribution < 1.29 is 4.92 Å².